The molecule has 2 aromatic heterocycles. The fourth-order valence-corrected chi connectivity index (χ4v) is 4.07. The quantitative estimate of drug-likeness (QED) is 0.174. The minimum absolute atomic E-state index is 0.303. The third-order valence-corrected chi connectivity index (χ3v) is 5.58. The minimum Gasteiger partial charge on any atom is -0.335 e. The zero-order valence-electron chi connectivity index (χ0n) is 22.8. The summed E-state index contributed by atoms with van der Waals surface area (Å²) in [5, 5.41) is 0. The van der Waals surface area contributed by atoms with Gasteiger partial charge >= 0.3 is 0 Å². The van der Waals surface area contributed by atoms with Crippen molar-refractivity contribution in [3.8, 4) is 0 Å². The van der Waals surface area contributed by atoms with Crippen molar-refractivity contribution in [3.63, 3.8) is 0 Å². The van der Waals surface area contributed by atoms with Crippen molar-refractivity contribution < 1.29 is 0 Å². The number of hydrogen-bond donors (Lipinski definition) is 3. The summed E-state index contributed by atoms with van der Waals surface area (Å²) < 4.78 is 2.47. The van der Waals surface area contributed by atoms with E-state index in [0.717, 1.165) is 71.4 Å². The van der Waals surface area contributed by atoms with E-state index >= 15 is 0 Å². The number of aliphatic imine (C=N–C) groups is 1. The average Bonchev–Trinajstić information content (AvgIpc) is 3.15. The molecule has 2 rings (SSSR count). The Morgan fingerprint density at radius 1 is 1.24 bits per heavy atom. The Morgan fingerprint density at radius 3 is 2.47 bits per heavy atom. The molecule has 34 heavy (non-hydrogen) atoms. The van der Waals surface area contributed by atoms with E-state index in [-0.39, 0.29) is 0 Å². The SMILES string of the molecule is C=C/C(=C\N=C(CCC)c1c(CN)c2ncc(C)cc2n1C(CC)CCC)NNC(C)C.CC. The molecule has 2 heterocycles. The van der Waals surface area contributed by atoms with E-state index in [2.05, 4.69) is 69.6 Å². The molecule has 0 radical (unpaired) electrons. The van der Waals surface area contributed by atoms with Crippen molar-refractivity contribution in [2.24, 2.45) is 10.7 Å². The number of nitrogens with one attached hydrogen (secondary N) is 2. The molecular formula is C28H48N6. The van der Waals surface area contributed by atoms with Gasteiger partial charge in [0.2, 0.25) is 0 Å². The van der Waals surface area contributed by atoms with Crippen molar-refractivity contribution in [2.75, 3.05) is 0 Å². The lowest BCUT2D eigenvalue weighted by atomic mass is 10.0. The molecule has 0 bridgehead atoms. The first-order chi connectivity index (χ1) is 16.4. The van der Waals surface area contributed by atoms with Crippen LogP contribution in [0.3, 0.4) is 0 Å². The summed E-state index contributed by atoms with van der Waals surface area (Å²) >= 11 is 0. The predicted molar refractivity (Wildman–Crippen MR) is 149 cm³/mol. The van der Waals surface area contributed by atoms with Gasteiger partial charge in [0.1, 0.15) is 0 Å². The minimum atomic E-state index is 0.303. The number of aryl methyl sites for hydroxylation is 1. The van der Waals surface area contributed by atoms with Gasteiger partial charge in [-0.1, -0.05) is 54.0 Å². The molecule has 0 spiro atoms. The number of hydrogen-bond acceptors (Lipinski definition) is 5. The Balaban J connectivity index is 0.00000281. The molecule has 0 aromatic carbocycles. The van der Waals surface area contributed by atoms with Gasteiger partial charge in [-0.15, -0.1) is 0 Å². The van der Waals surface area contributed by atoms with Crippen LogP contribution in [0.4, 0.5) is 0 Å². The van der Waals surface area contributed by atoms with Crippen LogP contribution >= 0.6 is 0 Å². The number of nitrogens with zero attached hydrogens (tertiary/aromatic N) is 3. The average molecular weight is 469 g/mol. The maximum Gasteiger partial charge on any atom is 0.0933 e. The van der Waals surface area contributed by atoms with Gasteiger partial charge in [0.25, 0.3) is 0 Å². The molecule has 0 aliphatic heterocycles. The first-order valence-electron chi connectivity index (χ1n) is 13.0. The highest BCUT2D eigenvalue weighted by Crippen LogP contribution is 2.33. The van der Waals surface area contributed by atoms with Crippen LogP contribution in [0.5, 0.6) is 0 Å². The number of hydrazine groups is 1. The molecule has 1 atom stereocenters. The monoisotopic (exact) mass is 468 g/mol. The van der Waals surface area contributed by atoms with Gasteiger partial charge < -0.3 is 15.7 Å². The Kier molecular flexibility index (Phi) is 13.5. The summed E-state index contributed by atoms with van der Waals surface area (Å²) in [4.78, 5) is 9.78. The summed E-state index contributed by atoms with van der Waals surface area (Å²) in [6.45, 7) is 21.3. The molecule has 6 heteroatoms. The van der Waals surface area contributed by atoms with Crippen LogP contribution in [0.25, 0.3) is 11.0 Å². The number of aromatic nitrogens is 2. The van der Waals surface area contributed by atoms with Crippen LogP contribution in [-0.4, -0.2) is 21.3 Å². The van der Waals surface area contributed by atoms with Crippen LogP contribution in [0, 0.1) is 6.92 Å². The van der Waals surface area contributed by atoms with E-state index in [0.29, 0.717) is 18.6 Å². The number of fused-ring (bicyclic) bond motifs is 1. The normalized spacial score (nSPS) is 13.1. The smallest absolute Gasteiger partial charge is 0.0933 e. The fourth-order valence-electron chi connectivity index (χ4n) is 4.07. The van der Waals surface area contributed by atoms with Gasteiger partial charge in [-0.25, -0.2) is 5.43 Å². The third kappa shape index (κ3) is 7.54. The van der Waals surface area contributed by atoms with Crippen LogP contribution < -0.4 is 16.6 Å². The second-order valence-electron chi connectivity index (χ2n) is 8.67. The van der Waals surface area contributed by atoms with E-state index in [1.165, 1.54) is 0 Å². The van der Waals surface area contributed by atoms with Crippen molar-refractivity contribution in [3.05, 3.63) is 53.6 Å². The lowest BCUT2D eigenvalue weighted by molar-refractivity contribution is 0.457. The molecular weight excluding hydrogens is 420 g/mol. The molecule has 6 nitrogen and oxygen atoms in total. The summed E-state index contributed by atoms with van der Waals surface area (Å²) in [6.07, 6.45) is 10.7. The largest absolute Gasteiger partial charge is 0.335 e. The van der Waals surface area contributed by atoms with E-state index in [9.17, 15) is 0 Å². The molecule has 190 valence electrons. The summed E-state index contributed by atoms with van der Waals surface area (Å²) in [7, 11) is 0. The summed E-state index contributed by atoms with van der Waals surface area (Å²) in [6, 6.07) is 2.93. The van der Waals surface area contributed by atoms with Gasteiger partial charge in [0.15, 0.2) is 0 Å². The van der Waals surface area contributed by atoms with Crippen molar-refractivity contribution in [1.29, 1.82) is 0 Å². The second-order valence-corrected chi connectivity index (χ2v) is 8.67. The van der Waals surface area contributed by atoms with E-state index < -0.39 is 0 Å². The Labute approximate surface area is 207 Å². The fraction of sp³-hybridized carbons (Fsp3) is 0.571. The molecule has 0 aliphatic carbocycles. The maximum atomic E-state index is 6.32. The zero-order valence-corrected chi connectivity index (χ0v) is 22.8. The second kappa shape index (κ2) is 15.5. The number of rotatable bonds is 13. The summed E-state index contributed by atoms with van der Waals surface area (Å²) in [5.41, 5.74) is 20.1. The van der Waals surface area contributed by atoms with E-state index in [1.54, 1.807) is 6.08 Å². The molecule has 4 N–H and O–H groups in total. The predicted octanol–water partition coefficient (Wildman–Crippen LogP) is 6.70. The third-order valence-electron chi connectivity index (χ3n) is 5.58. The highest BCUT2D eigenvalue weighted by Gasteiger charge is 2.25. The van der Waals surface area contributed by atoms with Gasteiger partial charge in [0.05, 0.1) is 34.3 Å². The highest BCUT2D eigenvalue weighted by atomic mass is 15.4. The van der Waals surface area contributed by atoms with E-state index in [4.69, 9.17) is 15.7 Å². The van der Waals surface area contributed by atoms with Crippen LogP contribution in [-0.2, 0) is 6.54 Å². The Bertz CT molecular complexity index is 951. The topological polar surface area (TPSA) is 80.3 Å². The van der Waals surface area contributed by atoms with Crippen molar-refractivity contribution >= 4 is 16.7 Å². The van der Waals surface area contributed by atoms with Crippen molar-refractivity contribution in [1.82, 2.24) is 20.4 Å². The van der Waals surface area contributed by atoms with Gasteiger partial charge in [-0.3, -0.25) is 9.98 Å². The summed E-state index contributed by atoms with van der Waals surface area (Å²) in [5.74, 6) is 0. The van der Waals surface area contributed by atoms with Gasteiger partial charge in [-0.2, -0.15) is 0 Å². The number of allylic oxidation sites excluding steroid dienone is 1. The molecule has 1 unspecified atom stereocenters. The van der Waals surface area contributed by atoms with Crippen LogP contribution in [0.15, 0.2) is 41.8 Å². The van der Waals surface area contributed by atoms with Gasteiger partial charge in [-0.05, 0) is 57.7 Å². The Hall–Kier alpha value is -2.44. The molecule has 2 aromatic rings. The zero-order chi connectivity index (χ0) is 25.7. The first kappa shape index (κ1) is 29.6. The van der Waals surface area contributed by atoms with Crippen LogP contribution in [0.1, 0.15) is 103 Å². The number of pyridine rings is 1. The highest BCUT2D eigenvalue weighted by molar-refractivity contribution is 6.05. The standard InChI is InChI=1S/C26H42N6.C2H6/c1-8-12-21(11-4)32-24-14-19(7)16-29-25(24)22(15-27)26(32)23(13-9-2)28-17-20(10-3)31-30-18(5)6;1-2/h10,14,16-18,21,30-31H,3,8-9,11-13,15,27H2,1-2,4-7H3;1-2H3/b20-17+,28-23?;. The van der Waals surface area contributed by atoms with E-state index in [1.807, 2.05) is 26.2 Å². The van der Waals surface area contributed by atoms with Crippen molar-refractivity contribution in [2.45, 2.75) is 106 Å². The Morgan fingerprint density at radius 2 is 1.94 bits per heavy atom. The molecule has 0 saturated carbocycles. The lowest BCUT2D eigenvalue weighted by Gasteiger charge is -2.22. The molecule has 0 amide bonds. The molecule has 0 aliphatic rings. The number of nitrogens with two attached hydrogens (primary N) is 1. The van der Waals surface area contributed by atoms with Crippen LogP contribution in [0.2, 0.25) is 0 Å². The lowest BCUT2D eigenvalue weighted by Crippen LogP contribution is -2.36. The molecule has 0 saturated heterocycles. The maximum absolute atomic E-state index is 6.32. The molecule has 0 fully saturated rings. The van der Waals surface area contributed by atoms with Gasteiger partial charge in [0, 0.05) is 30.4 Å². The first-order valence-corrected chi connectivity index (χ1v) is 13.0.